The predicted octanol–water partition coefficient (Wildman–Crippen LogP) is -19.0. The first-order valence-electron chi connectivity index (χ1n) is 33.7. The van der Waals surface area contributed by atoms with E-state index in [9.17, 15) is 152 Å². The van der Waals surface area contributed by atoms with E-state index in [1.54, 1.807) is 0 Å². The van der Waals surface area contributed by atoms with Crippen LogP contribution in [-0.2, 0) is 90.3 Å². The van der Waals surface area contributed by atoms with Crippen molar-refractivity contribution < 1.29 is 218 Å². The van der Waals surface area contributed by atoms with Crippen molar-refractivity contribution in [3.8, 4) is 0 Å². The zero-order valence-electron chi connectivity index (χ0n) is 57.5. The minimum atomic E-state index is -3.28. The first-order chi connectivity index (χ1) is 50.4. The van der Waals surface area contributed by atoms with Crippen LogP contribution in [0, 0.1) is 0 Å². The zero-order chi connectivity index (χ0) is 79.7. The maximum atomic E-state index is 13.1. The highest BCUT2D eigenvalue weighted by Gasteiger charge is 2.62. The Bertz CT molecular complexity index is 2820. The average molecular weight is 1570 g/mol. The summed E-state index contributed by atoms with van der Waals surface area (Å²) in [6, 6.07) is -7.37. The van der Waals surface area contributed by atoms with Crippen molar-refractivity contribution in [2.24, 2.45) is 0 Å². The van der Waals surface area contributed by atoms with Gasteiger partial charge in [0.25, 0.3) is 5.79 Å². The van der Waals surface area contributed by atoms with Gasteiger partial charge in [-0.25, -0.2) is 4.79 Å². The summed E-state index contributed by atoms with van der Waals surface area (Å²) >= 11 is 0. The lowest BCUT2D eigenvalue weighted by Crippen LogP contribution is -2.70. The van der Waals surface area contributed by atoms with Crippen LogP contribution in [0.4, 0.5) is 0 Å². The fourth-order valence-electron chi connectivity index (χ4n) is 13.3. The molecule has 48 nitrogen and oxygen atoms in total. The molecule has 107 heavy (non-hydrogen) atoms. The minimum Gasteiger partial charge on any atom is -0.477 e. The molecule has 0 bridgehead atoms. The van der Waals surface area contributed by atoms with E-state index in [0.29, 0.717) is 0 Å². The number of aliphatic hydroxyl groups is 24. The first kappa shape index (κ1) is 90.0. The van der Waals surface area contributed by atoms with Gasteiger partial charge in [-0.2, -0.15) is 0 Å². The summed E-state index contributed by atoms with van der Waals surface area (Å²) in [5.41, 5.74) is 0. The Morgan fingerprint density at radius 1 is 0.421 bits per heavy atom. The quantitative estimate of drug-likeness (QED) is 0.0290. The number of aliphatic carboxylic acids is 1. The number of carbonyl (C=O) groups excluding carboxylic acids is 4. The highest BCUT2D eigenvalue weighted by Crippen LogP contribution is 2.40. The lowest BCUT2D eigenvalue weighted by Gasteiger charge is -2.50. The maximum Gasteiger partial charge on any atom is 0.364 e. The molecule has 7 aliphatic rings. The molecule has 620 valence electrons. The van der Waals surface area contributed by atoms with Gasteiger partial charge in [0.15, 0.2) is 37.7 Å². The van der Waals surface area contributed by atoms with Gasteiger partial charge in [0, 0.05) is 34.1 Å². The van der Waals surface area contributed by atoms with Crippen LogP contribution in [0.3, 0.4) is 0 Å². The molecule has 0 spiro atoms. The fraction of sp³-hybridized carbons (Fsp3) is 0.915. The largest absolute Gasteiger partial charge is 0.477 e. The fourth-order valence-corrected chi connectivity index (χ4v) is 13.3. The number of aliphatic hydroxyl groups excluding tert-OH is 24. The summed E-state index contributed by atoms with van der Waals surface area (Å²) in [5, 5.41) is 283. The van der Waals surface area contributed by atoms with Crippen molar-refractivity contribution in [3.05, 3.63) is 0 Å². The average Bonchev–Trinajstić information content (AvgIpc) is 0.754. The summed E-state index contributed by atoms with van der Waals surface area (Å²) in [6.07, 6.45) is -74.8. The highest BCUT2D eigenvalue weighted by molar-refractivity contribution is 5.77. The van der Waals surface area contributed by atoms with Crippen LogP contribution in [-0.4, -0.2) is 461 Å². The molecular formula is C59H100N4O44. The van der Waals surface area contributed by atoms with Crippen molar-refractivity contribution in [2.45, 2.75) is 279 Å². The minimum absolute atomic E-state index is 0.865. The van der Waals surface area contributed by atoms with Crippen LogP contribution >= 0.6 is 0 Å². The predicted molar refractivity (Wildman–Crippen MR) is 330 cm³/mol. The molecule has 0 aromatic heterocycles. The third-order valence-electron chi connectivity index (χ3n) is 18.9. The second kappa shape index (κ2) is 39.5. The van der Waals surface area contributed by atoms with Gasteiger partial charge >= 0.3 is 5.97 Å². The number of carboxylic acid groups (broad SMARTS) is 1. The molecule has 48 heteroatoms. The Morgan fingerprint density at radius 3 is 1.25 bits per heavy atom. The van der Waals surface area contributed by atoms with Gasteiger partial charge in [-0.1, -0.05) is 0 Å². The normalized spacial score (nSPS) is 43.8. The maximum absolute atomic E-state index is 13.1. The van der Waals surface area contributed by atoms with Crippen LogP contribution in [0.1, 0.15) is 34.1 Å². The summed E-state index contributed by atoms with van der Waals surface area (Å²) in [7, 11) is 0. The molecule has 0 aromatic carbocycles. The van der Waals surface area contributed by atoms with Gasteiger partial charge in [-0.05, 0) is 0 Å². The molecule has 29 N–H and O–H groups in total. The molecule has 0 saturated carbocycles. The van der Waals surface area contributed by atoms with Crippen molar-refractivity contribution in [1.82, 2.24) is 21.3 Å². The molecule has 7 fully saturated rings. The third-order valence-corrected chi connectivity index (χ3v) is 18.9. The van der Waals surface area contributed by atoms with E-state index in [1.165, 1.54) is 0 Å². The Hall–Kier alpha value is -4.17. The molecule has 0 aliphatic carbocycles. The standard InChI is InChI=1S/C59H100N4O44/c1-15(72)60-19(6-64)45(101-57-44(91)51(37(84)26(11-69)98-57)107-59(58(92)93)5-20(76)29(61-16(2)73)48(106-59)32(79)21(77)7-65)33(80)22(78)14-94-52-30(62-17(3)74)38(85)46(27(12-70)99-52)102-55-42(89)49(35(82)24(9-67)96-55)104-53-31(63-18(4)75)39(86)47(28(13-71)100-53)103-56-43(90)50(36(83)25(10-68)97-56)105-54-41(88)40(87)34(81)23(8-66)95-54/h19-57,64-71,76-91H,5-14H2,1-4H3,(H,60,72)(H,61,73)(H,62,74)(H,63,75)(H,92,93)/t19-,20-,21+,22+,23+,24+,25+,26+,27+,28+,29+,30+,31+,32+,33-,34-,35-,36-,37-,38+,39+,40-,41+,42+,43+,44+,45+,46+,47+,48+,49-,50-,51-,52+,53-,54+,55-,56-,57-,59-/m0/s1. The summed E-state index contributed by atoms with van der Waals surface area (Å²) < 4.78 is 80.4. The van der Waals surface area contributed by atoms with Crippen LogP contribution < -0.4 is 21.3 Å². The van der Waals surface area contributed by atoms with Gasteiger partial charge in [0.2, 0.25) is 23.6 Å². The van der Waals surface area contributed by atoms with Crippen LogP contribution in [0.25, 0.3) is 0 Å². The smallest absolute Gasteiger partial charge is 0.364 e. The van der Waals surface area contributed by atoms with E-state index in [4.69, 9.17) is 66.3 Å². The Morgan fingerprint density at radius 2 is 0.813 bits per heavy atom. The highest BCUT2D eigenvalue weighted by atomic mass is 16.8. The molecule has 7 rings (SSSR count). The van der Waals surface area contributed by atoms with E-state index in [-0.39, 0.29) is 0 Å². The van der Waals surface area contributed by atoms with E-state index >= 15 is 0 Å². The second-order valence-corrected chi connectivity index (χ2v) is 26.5. The van der Waals surface area contributed by atoms with Gasteiger partial charge < -0.3 is 215 Å². The topological polar surface area (TPSA) is 768 Å². The number of nitrogens with one attached hydrogen (secondary N) is 4. The monoisotopic (exact) mass is 1570 g/mol. The lowest BCUT2D eigenvalue weighted by molar-refractivity contribution is -0.385. The Balaban J connectivity index is 1.07. The first-order valence-corrected chi connectivity index (χ1v) is 33.7. The van der Waals surface area contributed by atoms with E-state index in [1.807, 2.05) is 0 Å². The number of hydrogen-bond donors (Lipinski definition) is 29. The molecule has 4 amide bonds. The molecule has 7 aliphatic heterocycles. The second-order valence-electron chi connectivity index (χ2n) is 26.5. The van der Waals surface area contributed by atoms with Crippen molar-refractivity contribution in [3.63, 3.8) is 0 Å². The van der Waals surface area contributed by atoms with Gasteiger partial charge in [-0.3, -0.25) is 19.2 Å². The molecular weight excluding hydrogens is 1470 g/mol. The number of hydrogen-bond acceptors (Lipinski definition) is 43. The van der Waals surface area contributed by atoms with E-state index < -0.39 is 340 Å². The number of carboxylic acids is 1. The Kier molecular flexibility index (Phi) is 33.3. The third kappa shape index (κ3) is 20.6. The van der Waals surface area contributed by atoms with Crippen LogP contribution in [0.5, 0.6) is 0 Å². The van der Waals surface area contributed by atoms with Gasteiger partial charge in [-0.15, -0.1) is 0 Å². The van der Waals surface area contributed by atoms with E-state index in [2.05, 4.69) is 21.3 Å². The lowest BCUT2D eigenvalue weighted by atomic mass is 9.88. The summed E-state index contributed by atoms with van der Waals surface area (Å²) in [5.74, 6) is -9.10. The Labute approximate surface area is 605 Å². The molecule has 7 saturated heterocycles. The molecule has 7 heterocycles. The SMILES string of the molecule is CC(=O)N[C@H]1[C@H](OC[C@@H](O)[C@H](O)[C@H](O[C@@H]2O[C@H](CO)[C@H](O)[C@H](O[C@]3(C(=O)O)C[C@H](O)[C@@H](NC(C)=O)[C@H]([C@H](O)[C@H](O)CO)O3)[C@H]2O)[C@H](CO)NC(C)=O)O[C@H](CO)[C@@H](O[C@@H]2O[C@H](CO)[C@H](O)[C@H](O[C@@H]3O[C@H](CO)[C@@H](O[C@@H]4O[C@H](CO)[C@H](O)[C@H](O[C@H]5O[C@H](CO)[C@H](O)[C@H](O)[C@H]5O)[C@H]4O)[C@H](O)[C@H]3NC(C)=O)[C@H]2O)[C@@H]1O. The van der Waals surface area contributed by atoms with Gasteiger partial charge in [0.05, 0.1) is 77.6 Å². The van der Waals surface area contributed by atoms with Gasteiger partial charge in [0.1, 0.15) is 183 Å². The number of ether oxygens (including phenoxy) is 14. The van der Waals surface area contributed by atoms with Crippen molar-refractivity contribution in [2.75, 3.05) is 59.5 Å². The molecule has 0 radical (unpaired) electrons. The molecule has 0 unspecified atom stereocenters. The summed E-state index contributed by atoms with van der Waals surface area (Å²) in [4.78, 5) is 63.4. The van der Waals surface area contributed by atoms with Crippen molar-refractivity contribution in [1.29, 1.82) is 0 Å². The van der Waals surface area contributed by atoms with Crippen LogP contribution in [0.15, 0.2) is 0 Å². The number of amides is 4. The number of carbonyl (C=O) groups is 5. The van der Waals surface area contributed by atoms with Crippen LogP contribution in [0.2, 0.25) is 0 Å². The van der Waals surface area contributed by atoms with E-state index in [0.717, 1.165) is 27.7 Å². The van der Waals surface area contributed by atoms with Crippen molar-refractivity contribution >= 4 is 29.6 Å². The summed E-state index contributed by atoms with van der Waals surface area (Å²) in [6.45, 7) is -6.40. The zero-order valence-corrected chi connectivity index (χ0v) is 57.5. The number of rotatable bonds is 33. The molecule has 40 atom stereocenters. The molecule has 0 aromatic rings.